The molecular formula is C17H17N3O5. The average molecular weight is 343 g/mol. The summed E-state index contributed by atoms with van der Waals surface area (Å²) in [7, 11) is 0. The van der Waals surface area contributed by atoms with Crippen molar-refractivity contribution in [3.8, 4) is 5.75 Å². The summed E-state index contributed by atoms with van der Waals surface area (Å²) < 4.78 is 11.3. The molecule has 1 aliphatic rings. The minimum absolute atomic E-state index is 0.182. The van der Waals surface area contributed by atoms with Crippen molar-refractivity contribution in [3.05, 3.63) is 54.1 Å². The van der Waals surface area contributed by atoms with Crippen LogP contribution in [0.4, 0.5) is 0 Å². The topological polar surface area (TPSA) is 111 Å². The molecule has 0 bridgehead atoms. The van der Waals surface area contributed by atoms with Crippen LogP contribution in [0.15, 0.2) is 43.0 Å². The number of ether oxygens (including phenoxy) is 2. The van der Waals surface area contributed by atoms with Gasteiger partial charge in [0.05, 0.1) is 23.8 Å². The largest absolute Gasteiger partial charge is 0.486 e. The molecule has 8 heteroatoms. The number of nitrogens with one attached hydrogen (secondary N) is 1. The second-order valence-corrected chi connectivity index (χ2v) is 5.56. The molecule has 1 aromatic carbocycles. The number of hydrogen-bond donors (Lipinski definition) is 2. The third kappa shape index (κ3) is 4.30. The van der Waals surface area contributed by atoms with E-state index in [1.807, 2.05) is 0 Å². The van der Waals surface area contributed by atoms with Crippen LogP contribution >= 0.6 is 0 Å². The van der Waals surface area contributed by atoms with Gasteiger partial charge in [-0.25, -0.2) is 14.8 Å². The van der Waals surface area contributed by atoms with Crippen molar-refractivity contribution >= 4 is 11.9 Å². The number of carbonyl (C=O) groups is 2. The first kappa shape index (κ1) is 16.8. The highest BCUT2D eigenvalue weighted by Crippen LogP contribution is 2.19. The molecule has 1 aliphatic heterocycles. The van der Waals surface area contributed by atoms with Gasteiger partial charge < -0.3 is 19.9 Å². The fraction of sp³-hybridized carbons (Fsp3) is 0.294. The molecule has 2 atom stereocenters. The Kier molecular flexibility index (Phi) is 5.20. The van der Waals surface area contributed by atoms with E-state index in [-0.39, 0.29) is 23.6 Å². The number of hydrogen-bond acceptors (Lipinski definition) is 6. The summed E-state index contributed by atoms with van der Waals surface area (Å²) in [5.74, 6) is -0.757. The second-order valence-electron chi connectivity index (χ2n) is 5.56. The fourth-order valence-electron chi connectivity index (χ4n) is 2.51. The van der Waals surface area contributed by atoms with Crippen LogP contribution in [-0.2, 0) is 4.74 Å². The van der Waals surface area contributed by atoms with Crippen LogP contribution in [0, 0.1) is 0 Å². The Hall–Kier alpha value is -3.00. The van der Waals surface area contributed by atoms with Crippen molar-refractivity contribution in [3.63, 3.8) is 0 Å². The Labute approximate surface area is 143 Å². The van der Waals surface area contributed by atoms with E-state index in [0.29, 0.717) is 30.9 Å². The Bertz CT molecular complexity index is 736. The number of aromatic nitrogens is 2. The molecule has 2 heterocycles. The van der Waals surface area contributed by atoms with Crippen LogP contribution in [-0.4, -0.2) is 52.3 Å². The highest BCUT2D eigenvalue weighted by Gasteiger charge is 2.29. The van der Waals surface area contributed by atoms with E-state index in [2.05, 4.69) is 15.3 Å². The molecule has 25 heavy (non-hydrogen) atoms. The molecule has 130 valence electrons. The van der Waals surface area contributed by atoms with Crippen molar-refractivity contribution in [2.75, 3.05) is 13.2 Å². The van der Waals surface area contributed by atoms with Gasteiger partial charge in [-0.15, -0.1) is 0 Å². The average Bonchev–Trinajstić information content (AvgIpc) is 2.64. The monoisotopic (exact) mass is 343 g/mol. The molecule has 0 aliphatic carbocycles. The Morgan fingerprint density at radius 3 is 2.56 bits per heavy atom. The maximum Gasteiger partial charge on any atom is 0.335 e. The summed E-state index contributed by atoms with van der Waals surface area (Å²) in [5.41, 5.74) is 0.555. The molecule has 0 spiro atoms. The highest BCUT2D eigenvalue weighted by molar-refractivity contribution is 5.93. The van der Waals surface area contributed by atoms with Crippen LogP contribution in [0.5, 0.6) is 5.75 Å². The van der Waals surface area contributed by atoms with Crippen molar-refractivity contribution in [1.82, 2.24) is 15.3 Å². The highest BCUT2D eigenvalue weighted by atomic mass is 16.5. The van der Waals surface area contributed by atoms with Crippen LogP contribution in [0.1, 0.15) is 27.1 Å². The van der Waals surface area contributed by atoms with E-state index in [1.54, 1.807) is 12.1 Å². The molecule has 0 saturated carbocycles. The minimum atomic E-state index is -0.997. The second kappa shape index (κ2) is 7.71. The van der Waals surface area contributed by atoms with E-state index in [9.17, 15) is 9.59 Å². The molecule has 1 fully saturated rings. The van der Waals surface area contributed by atoms with Gasteiger partial charge in [0.2, 0.25) is 0 Å². The molecule has 2 N–H and O–H groups in total. The lowest BCUT2D eigenvalue weighted by atomic mass is 10.1. The zero-order chi connectivity index (χ0) is 17.6. The van der Waals surface area contributed by atoms with Crippen molar-refractivity contribution < 1.29 is 24.2 Å². The fourth-order valence-corrected chi connectivity index (χ4v) is 2.51. The molecule has 1 saturated heterocycles. The van der Waals surface area contributed by atoms with E-state index in [4.69, 9.17) is 14.6 Å². The minimum Gasteiger partial charge on any atom is -0.486 e. The number of aromatic carboxylic acids is 1. The van der Waals surface area contributed by atoms with Gasteiger partial charge in [0.15, 0.2) is 0 Å². The van der Waals surface area contributed by atoms with Gasteiger partial charge in [-0.3, -0.25) is 4.79 Å². The quantitative estimate of drug-likeness (QED) is 0.837. The lowest BCUT2D eigenvalue weighted by Gasteiger charge is -2.32. The van der Waals surface area contributed by atoms with E-state index in [1.165, 1.54) is 30.9 Å². The van der Waals surface area contributed by atoms with Crippen molar-refractivity contribution in [2.24, 2.45) is 0 Å². The standard InChI is InChI=1S/C17H17N3O5/c21-16(12-7-18-10-19-8-12)20-14-5-6-24-9-15(14)25-13-3-1-11(2-4-13)17(22)23/h1-4,7-8,10,14-15H,5-6,9H2,(H,20,21)(H,22,23)/t14-,15-/m1/s1. The van der Waals surface area contributed by atoms with Gasteiger partial charge in [0.25, 0.3) is 5.91 Å². The first-order valence-electron chi connectivity index (χ1n) is 7.77. The smallest absolute Gasteiger partial charge is 0.335 e. The molecule has 3 rings (SSSR count). The maximum absolute atomic E-state index is 12.3. The zero-order valence-corrected chi connectivity index (χ0v) is 13.3. The Morgan fingerprint density at radius 2 is 1.88 bits per heavy atom. The number of carboxylic acid groups (broad SMARTS) is 1. The summed E-state index contributed by atoms with van der Waals surface area (Å²) >= 11 is 0. The van der Waals surface area contributed by atoms with E-state index in [0.717, 1.165) is 0 Å². The lowest BCUT2D eigenvalue weighted by molar-refractivity contribution is -0.0135. The number of nitrogens with zero attached hydrogens (tertiary/aromatic N) is 2. The summed E-state index contributed by atoms with van der Waals surface area (Å²) in [5, 5.41) is 11.8. The predicted molar refractivity (Wildman–Crippen MR) is 86.5 cm³/mol. The molecule has 2 aromatic rings. The Morgan fingerprint density at radius 1 is 1.16 bits per heavy atom. The number of carboxylic acids is 1. The normalized spacial score (nSPS) is 19.8. The first-order valence-corrected chi connectivity index (χ1v) is 7.77. The number of benzene rings is 1. The summed E-state index contributed by atoms with van der Waals surface area (Å²) in [6, 6.07) is 5.87. The predicted octanol–water partition coefficient (Wildman–Crippen LogP) is 1.14. The molecule has 1 amide bonds. The summed E-state index contributed by atoms with van der Waals surface area (Å²) in [6.07, 6.45) is 4.48. The Balaban J connectivity index is 1.66. The van der Waals surface area contributed by atoms with Crippen LogP contribution in [0.2, 0.25) is 0 Å². The molecular weight excluding hydrogens is 326 g/mol. The van der Waals surface area contributed by atoms with Gasteiger partial charge >= 0.3 is 5.97 Å². The summed E-state index contributed by atoms with van der Waals surface area (Å²) in [6.45, 7) is 0.852. The van der Waals surface area contributed by atoms with Crippen LogP contribution in [0.25, 0.3) is 0 Å². The molecule has 0 unspecified atom stereocenters. The first-order chi connectivity index (χ1) is 12.1. The summed E-state index contributed by atoms with van der Waals surface area (Å²) in [4.78, 5) is 30.8. The lowest BCUT2D eigenvalue weighted by Crippen LogP contribution is -2.51. The third-order valence-electron chi connectivity index (χ3n) is 3.83. The SMILES string of the molecule is O=C(O)c1ccc(O[C@@H]2COCC[C@H]2NC(=O)c2cncnc2)cc1. The molecule has 8 nitrogen and oxygen atoms in total. The molecule has 1 aromatic heterocycles. The van der Waals surface area contributed by atoms with Crippen LogP contribution in [0.3, 0.4) is 0 Å². The van der Waals surface area contributed by atoms with Gasteiger partial charge in [-0.1, -0.05) is 0 Å². The third-order valence-corrected chi connectivity index (χ3v) is 3.83. The van der Waals surface area contributed by atoms with Gasteiger partial charge in [0, 0.05) is 19.0 Å². The molecule has 0 radical (unpaired) electrons. The van der Waals surface area contributed by atoms with Crippen molar-refractivity contribution in [2.45, 2.75) is 18.6 Å². The number of amides is 1. The van der Waals surface area contributed by atoms with E-state index < -0.39 is 5.97 Å². The van der Waals surface area contributed by atoms with Crippen LogP contribution < -0.4 is 10.1 Å². The number of carbonyl (C=O) groups excluding carboxylic acids is 1. The maximum atomic E-state index is 12.3. The van der Waals surface area contributed by atoms with Crippen molar-refractivity contribution in [1.29, 1.82) is 0 Å². The van der Waals surface area contributed by atoms with Gasteiger partial charge in [-0.2, -0.15) is 0 Å². The van der Waals surface area contributed by atoms with E-state index >= 15 is 0 Å². The number of rotatable bonds is 5. The van der Waals surface area contributed by atoms with Gasteiger partial charge in [-0.05, 0) is 30.7 Å². The van der Waals surface area contributed by atoms with Gasteiger partial charge in [0.1, 0.15) is 18.2 Å². The zero-order valence-electron chi connectivity index (χ0n) is 13.3.